The van der Waals surface area contributed by atoms with E-state index in [1.54, 1.807) is 0 Å². The molecule has 1 aromatic heterocycles. The molecule has 0 aliphatic carbocycles. The van der Waals surface area contributed by atoms with E-state index in [-0.39, 0.29) is 5.91 Å². The second-order valence-electron chi connectivity index (χ2n) is 5.34. The van der Waals surface area contributed by atoms with Crippen LogP contribution >= 0.6 is 0 Å². The maximum Gasteiger partial charge on any atom is 0.270 e. The molecule has 1 saturated heterocycles. The summed E-state index contributed by atoms with van der Waals surface area (Å²) in [5, 5.41) is 3.39. The average molecular weight is 263 g/mol. The van der Waals surface area contributed by atoms with Gasteiger partial charge in [0.15, 0.2) is 0 Å². The molecule has 0 saturated carbocycles. The van der Waals surface area contributed by atoms with E-state index in [0.717, 1.165) is 51.0 Å². The number of aromatic nitrogens is 1. The summed E-state index contributed by atoms with van der Waals surface area (Å²) in [6, 6.07) is 4.27. The fourth-order valence-corrected chi connectivity index (χ4v) is 2.78. The van der Waals surface area contributed by atoms with Crippen LogP contribution < -0.4 is 5.32 Å². The first-order valence-corrected chi connectivity index (χ1v) is 7.37. The third-order valence-corrected chi connectivity index (χ3v) is 3.93. The lowest BCUT2D eigenvalue weighted by Crippen LogP contribution is -2.38. The van der Waals surface area contributed by atoms with Crippen molar-refractivity contribution in [1.82, 2.24) is 14.8 Å². The molecule has 2 heterocycles. The molecule has 1 N–H and O–H groups in total. The Labute approximate surface area is 115 Å². The van der Waals surface area contributed by atoms with Gasteiger partial charge in [-0.2, -0.15) is 0 Å². The second kappa shape index (κ2) is 6.75. The summed E-state index contributed by atoms with van der Waals surface area (Å²) in [5.74, 6) is 0.158. The number of aryl methyl sites for hydroxylation is 1. The molecular formula is C15H25N3O. The van der Waals surface area contributed by atoms with Gasteiger partial charge in [-0.1, -0.05) is 6.92 Å². The standard InChI is InChI=1S/C15H25N3O/c1-3-11-18-12-5-7-14(18)15(19)17(2)13-6-4-9-16-10-8-13/h5,7,12-13,16H,3-4,6,8-11H2,1-2H3. The van der Waals surface area contributed by atoms with Crippen molar-refractivity contribution in [2.75, 3.05) is 20.1 Å². The first-order chi connectivity index (χ1) is 9.24. The van der Waals surface area contributed by atoms with Gasteiger partial charge < -0.3 is 14.8 Å². The van der Waals surface area contributed by atoms with Crippen LogP contribution in [0.1, 0.15) is 43.1 Å². The lowest BCUT2D eigenvalue weighted by molar-refractivity contribution is 0.0709. The summed E-state index contributed by atoms with van der Waals surface area (Å²) in [7, 11) is 1.95. The van der Waals surface area contributed by atoms with Crippen LogP contribution in [0.5, 0.6) is 0 Å². The molecule has 1 unspecified atom stereocenters. The summed E-state index contributed by atoms with van der Waals surface area (Å²) < 4.78 is 2.06. The normalized spacial score (nSPS) is 20.0. The van der Waals surface area contributed by atoms with Crippen LogP contribution in [0.4, 0.5) is 0 Å². The minimum Gasteiger partial charge on any atom is -0.344 e. The van der Waals surface area contributed by atoms with Crippen LogP contribution in [0.25, 0.3) is 0 Å². The van der Waals surface area contributed by atoms with Crippen molar-refractivity contribution >= 4 is 5.91 Å². The monoisotopic (exact) mass is 263 g/mol. The Hall–Kier alpha value is -1.29. The molecule has 4 nitrogen and oxygen atoms in total. The maximum absolute atomic E-state index is 12.6. The molecule has 0 spiro atoms. The number of nitrogens with one attached hydrogen (secondary N) is 1. The van der Waals surface area contributed by atoms with E-state index in [1.807, 2.05) is 30.3 Å². The van der Waals surface area contributed by atoms with Gasteiger partial charge in [0, 0.05) is 25.8 Å². The Morgan fingerprint density at radius 3 is 3.11 bits per heavy atom. The van der Waals surface area contributed by atoms with E-state index in [2.05, 4.69) is 16.8 Å². The fourth-order valence-electron chi connectivity index (χ4n) is 2.78. The van der Waals surface area contributed by atoms with E-state index in [0.29, 0.717) is 6.04 Å². The zero-order chi connectivity index (χ0) is 13.7. The molecule has 1 aliphatic rings. The minimum absolute atomic E-state index is 0.158. The van der Waals surface area contributed by atoms with Gasteiger partial charge in [0.1, 0.15) is 5.69 Å². The van der Waals surface area contributed by atoms with Gasteiger partial charge in [0.05, 0.1) is 0 Å². The zero-order valence-corrected chi connectivity index (χ0v) is 12.1. The summed E-state index contributed by atoms with van der Waals surface area (Å²) >= 11 is 0. The van der Waals surface area contributed by atoms with Crippen molar-refractivity contribution in [1.29, 1.82) is 0 Å². The van der Waals surface area contributed by atoms with Crippen molar-refractivity contribution in [3.8, 4) is 0 Å². The Morgan fingerprint density at radius 2 is 2.32 bits per heavy atom. The van der Waals surface area contributed by atoms with Gasteiger partial charge in [0.25, 0.3) is 5.91 Å². The van der Waals surface area contributed by atoms with Gasteiger partial charge >= 0.3 is 0 Å². The van der Waals surface area contributed by atoms with E-state index in [9.17, 15) is 4.79 Å². The highest BCUT2D eigenvalue weighted by Gasteiger charge is 2.23. The highest BCUT2D eigenvalue weighted by atomic mass is 16.2. The quantitative estimate of drug-likeness (QED) is 0.903. The third kappa shape index (κ3) is 3.38. The third-order valence-electron chi connectivity index (χ3n) is 3.93. The molecule has 1 atom stereocenters. The van der Waals surface area contributed by atoms with Crippen LogP contribution in [-0.4, -0.2) is 41.6 Å². The topological polar surface area (TPSA) is 37.3 Å². The summed E-state index contributed by atoms with van der Waals surface area (Å²) in [6.45, 7) is 5.13. The molecule has 19 heavy (non-hydrogen) atoms. The number of carbonyl (C=O) groups is 1. The second-order valence-corrected chi connectivity index (χ2v) is 5.34. The maximum atomic E-state index is 12.6. The van der Waals surface area contributed by atoms with Gasteiger partial charge in [-0.05, 0) is 50.9 Å². The smallest absolute Gasteiger partial charge is 0.270 e. The molecular weight excluding hydrogens is 238 g/mol. The van der Waals surface area contributed by atoms with Crippen LogP contribution in [0.15, 0.2) is 18.3 Å². The summed E-state index contributed by atoms with van der Waals surface area (Å²) in [4.78, 5) is 14.5. The minimum atomic E-state index is 0.158. The molecule has 0 aromatic carbocycles. The molecule has 4 heteroatoms. The van der Waals surface area contributed by atoms with E-state index >= 15 is 0 Å². The van der Waals surface area contributed by atoms with Gasteiger partial charge in [-0.15, -0.1) is 0 Å². The van der Waals surface area contributed by atoms with Crippen LogP contribution in [-0.2, 0) is 6.54 Å². The predicted molar refractivity (Wildman–Crippen MR) is 77.3 cm³/mol. The lowest BCUT2D eigenvalue weighted by Gasteiger charge is -2.27. The Kier molecular flexibility index (Phi) is 5.02. The first-order valence-electron chi connectivity index (χ1n) is 7.37. The van der Waals surface area contributed by atoms with Crippen LogP contribution in [0, 0.1) is 0 Å². The summed E-state index contributed by atoms with van der Waals surface area (Å²) in [5.41, 5.74) is 0.821. The SMILES string of the molecule is CCCn1cccc1C(=O)N(C)C1CCCNCC1. The molecule has 1 aliphatic heterocycles. The molecule has 0 radical (unpaired) electrons. The van der Waals surface area contributed by atoms with E-state index < -0.39 is 0 Å². The van der Waals surface area contributed by atoms with Crippen molar-refractivity contribution in [3.63, 3.8) is 0 Å². The molecule has 0 bridgehead atoms. The van der Waals surface area contributed by atoms with Crippen LogP contribution in [0.2, 0.25) is 0 Å². The van der Waals surface area contributed by atoms with Crippen molar-refractivity contribution in [2.24, 2.45) is 0 Å². The lowest BCUT2D eigenvalue weighted by atomic mass is 10.1. The van der Waals surface area contributed by atoms with E-state index in [1.165, 1.54) is 0 Å². The number of carbonyl (C=O) groups excluding carboxylic acids is 1. The van der Waals surface area contributed by atoms with Crippen LogP contribution in [0.3, 0.4) is 0 Å². The van der Waals surface area contributed by atoms with Gasteiger partial charge in [-0.25, -0.2) is 0 Å². The number of amides is 1. The molecule has 1 fully saturated rings. The number of hydrogen-bond acceptors (Lipinski definition) is 2. The van der Waals surface area contributed by atoms with Gasteiger partial charge in [-0.3, -0.25) is 4.79 Å². The van der Waals surface area contributed by atoms with Crippen molar-refractivity contribution in [2.45, 2.75) is 45.2 Å². The molecule has 1 aromatic rings. The number of rotatable bonds is 4. The Morgan fingerprint density at radius 1 is 1.47 bits per heavy atom. The highest BCUT2D eigenvalue weighted by molar-refractivity contribution is 5.92. The largest absolute Gasteiger partial charge is 0.344 e. The summed E-state index contributed by atoms with van der Waals surface area (Å²) in [6.07, 6.45) is 6.35. The molecule has 106 valence electrons. The number of nitrogens with zero attached hydrogens (tertiary/aromatic N) is 2. The average Bonchev–Trinajstić information content (AvgIpc) is 2.71. The van der Waals surface area contributed by atoms with Crippen molar-refractivity contribution in [3.05, 3.63) is 24.0 Å². The Bertz CT molecular complexity index is 405. The Balaban J connectivity index is 2.06. The fraction of sp³-hybridized carbons (Fsp3) is 0.667. The highest BCUT2D eigenvalue weighted by Crippen LogP contribution is 2.15. The molecule has 2 rings (SSSR count). The van der Waals surface area contributed by atoms with Gasteiger partial charge in [0.2, 0.25) is 0 Å². The van der Waals surface area contributed by atoms with Crippen molar-refractivity contribution < 1.29 is 4.79 Å². The first kappa shape index (κ1) is 14.1. The zero-order valence-electron chi connectivity index (χ0n) is 12.1. The van der Waals surface area contributed by atoms with E-state index in [4.69, 9.17) is 0 Å². The predicted octanol–water partition coefficient (Wildman–Crippen LogP) is 2.11. The molecule has 1 amide bonds. The number of hydrogen-bond donors (Lipinski definition) is 1.